The summed E-state index contributed by atoms with van der Waals surface area (Å²) in [4.78, 5) is -0.172. The molecule has 0 fully saturated rings. The summed E-state index contributed by atoms with van der Waals surface area (Å²) in [6.45, 7) is 0. The van der Waals surface area contributed by atoms with Gasteiger partial charge in [0, 0.05) is 5.33 Å². The van der Waals surface area contributed by atoms with Crippen molar-refractivity contribution < 1.29 is 0 Å². The lowest BCUT2D eigenvalue weighted by Gasteiger charge is -1.96. The first-order valence-electron chi connectivity index (χ1n) is 2.61. The number of rotatable bonds is 4. The summed E-state index contributed by atoms with van der Waals surface area (Å²) in [7, 11) is 0. The van der Waals surface area contributed by atoms with Gasteiger partial charge >= 0.3 is 0 Å². The maximum atomic E-state index is 5.46. The fourth-order valence-corrected chi connectivity index (χ4v) is 1.10. The van der Waals surface area contributed by atoms with E-state index in [4.69, 9.17) is 23.2 Å². The van der Waals surface area contributed by atoms with Gasteiger partial charge < -0.3 is 0 Å². The monoisotopic (exact) mass is 218 g/mol. The lowest BCUT2D eigenvalue weighted by Crippen LogP contribution is -1.86. The van der Waals surface area contributed by atoms with Crippen LogP contribution >= 0.6 is 39.1 Å². The highest BCUT2D eigenvalue weighted by atomic mass is 79.9. The Kier molecular flexibility index (Phi) is 7.00. The van der Waals surface area contributed by atoms with E-state index in [0.717, 1.165) is 24.6 Å². The number of halogens is 3. The van der Waals surface area contributed by atoms with Crippen LogP contribution in [0.4, 0.5) is 0 Å². The molecule has 0 amide bonds. The van der Waals surface area contributed by atoms with E-state index in [1.54, 1.807) is 0 Å². The normalized spacial score (nSPS) is 10.5. The van der Waals surface area contributed by atoms with Gasteiger partial charge in [-0.1, -0.05) is 15.9 Å². The average molecular weight is 220 g/mol. The summed E-state index contributed by atoms with van der Waals surface area (Å²) in [6.07, 6.45) is 3.19. The van der Waals surface area contributed by atoms with Crippen LogP contribution in [0.25, 0.3) is 0 Å². The van der Waals surface area contributed by atoms with Crippen molar-refractivity contribution in [2.75, 3.05) is 5.33 Å². The molecule has 0 spiro atoms. The smallest absolute Gasteiger partial charge is 0.105 e. The second kappa shape index (κ2) is 6.18. The third-order valence-corrected chi connectivity index (χ3v) is 1.80. The molecule has 0 bridgehead atoms. The summed E-state index contributed by atoms with van der Waals surface area (Å²) in [5.41, 5.74) is 0. The van der Waals surface area contributed by atoms with E-state index in [9.17, 15) is 0 Å². The molecule has 8 heavy (non-hydrogen) atoms. The second-order valence-electron chi connectivity index (χ2n) is 1.58. The minimum Gasteiger partial charge on any atom is -0.105 e. The van der Waals surface area contributed by atoms with Gasteiger partial charge in [0.15, 0.2) is 0 Å². The molecule has 0 aromatic rings. The lowest BCUT2D eigenvalue weighted by molar-refractivity contribution is 0.765. The van der Waals surface area contributed by atoms with Crippen molar-refractivity contribution in [1.82, 2.24) is 0 Å². The summed E-state index contributed by atoms with van der Waals surface area (Å²) in [5, 5.41) is 1.05. The van der Waals surface area contributed by atoms with Crippen molar-refractivity contribution in [3.63, 3.8) is 0 Å². The standard InChI is InChI=1S/C5H9BrCl2/c6-4-2-1-3-5(7)8/h5H,1-4H2. The first-order valence-corrected chi connectivity index (χ1v) is 4.61. The molecule has 0 heterocycles. The van der Waals surface area contributed by atoms with Crippen LogP contribution in [0.3, 0.4) is 0 Å². The van der Waals surface area contributed by atoms with Crippen molar-refractivity contribution in [3.8, 4) is 0 Å². The zero-order valence-electron chi connectivity index (χ0n) is 4.54. The van der Waals surface area contributed by atoms with Gasteiger partial charge in [-0.15, -0.1) is 23.2 Å². The van der Waals surface area contributed by atoms with E-state index in [1.807, 2.05) is 0 Å². The third-order valence-electron chi connectivity index (χ3n) is 0.806. The Bertz CT molecular complexity index is 47.7. The average Bonchev–Trinajstić information content (AvgIpc) is 1.66. The Morgan fingerprint density at radius 1 is 1.25 bits per heavy atom. The number of hydrogen-bond donors (Lipinski definition) is 0. The largest absolute Gasteiger partial charge is 0.107 e. The highest BCUT2D eigenvalue weighted by Gasteiger charge is 1.95. The molecule has 0 aliphatic rings. The van der Waals surface area contributed by atoms with Crippen LogP contribution in [0.15, 0.2) is 0 Å². The summed E-state index contributed by atoms with van der Waals surface area (Å²) in [6, 6.07) is 0. The summed E-state index contributed by atoms with van der Waals surface area (Å²) in [5.74, 6) is 0. The van der Waals surface area contributed by atoms with Gasteiger partial charge in [-0.25, -0.2) is 0 Å². The van der Waals surface area contributed by atoms with Gasteiger partial charge in [-0.05, 0) is 19.3 Å². The Labute approximate surface area is 68.7 Å². The molecule has 0 aromatic carbocycles. The van der Waals surface area contributed by atoms with Crippen LogP contribution in [0.5, 0.6) is 0 Å². The highest BCUT2D eigenvalue weighted by Crippen LogP contribution is 2.11. The van der Waals surface area contributed by atoms with Crippen LogP contribution in [-0.2, 0) is 0 Å². The molecule has 0 radical (unpaired) electrons. The summed E-state index contributed by atoms with van der Waals surface area (Å²) >= 11 is 14.2. The van der Waals surface area contributed by atoms with Crippen molar-refractivity contribution in [3.05, 3.63) is 0 Å². The minimum absolute atomic E-state index is 0.172. The highest BCUT2D eigenvalue weighted by molar-refractivity contribution is 9.09. The molecule has 0 N–H and O–H groups in total. The van der Waals surface area contributed by atoms with Gasteiger partial charge in [0.2, 0.25) is 0 Å². The molecular weight excluding hydrogens is 211 g/mol. The van der Waals surface area contributed by atoms with Crippen LogP contribution in [0.2, 0.25) is 0 Å². The molecule has 0 saturated carbocycles. The molecule has 0 saturated heterocycles. The molecule has 3 heteroatoms. The maximum Gasteiger partial charge on any atom is 0.107 e. The molecule has 0 atom stereocenters. The third kappa shape index (κ3) is 7.06. The van der Waals surface area contributed by atoms with Crippen LogP contribution in [0, 0.1) is 0 Å². The second-order valence-corrected chi connectivity index (χ2v) is 3.65. The Morgan fingerprint density at radius 3 is 2.25 bits per heavy atom. The first-order chi connectivity index (χ1) is 3.77. The SMILES string of the molecule is ClC(Cl)CCCCBr. The van der Waals surface area contributed by atoms with Crippen LogP contribution < -0.4 is 0 Å². The topological polar surface area (TPSA) is 0 Å². The molecule has 0 aliphatic heterocycles. The first kappa shape index (κ1) is 9.06. The van der Waals surface area contributed by atoms with E-state index in [1.165, 1.54) is 0 Å². The quantitative estimate of drug-likeness (QED) is 0.503. The number of alkyl halides is 3. The lowest BCUT2D eigenvalue weighted by atomic mass is 10.3. The maximum absolute atomic E-state index is 5.46. The van der Waals surface area contributed by atoms with E-state index in [0.29, 0.717) is 0 Å². The molecule has 0 unspecified atom stereocenters. The van der Waals surface area contributed by atoms with Gasteiger partial charge in [-0.2, -0.15) is 0 Å². The molecule has 0 nitrogen and oxygen atoms in total. The van der Waals surface area contributed by atoms with Crippen molar-refractivity contribution in [2.24, 2.45) is 0 Å². The fraction of sp³-hybridized carbons (Fsp3) is 1.00. The predicted octanol–water partition coefficient (Wildman–Crippen LogP) is 3.36. The van der Waals surface area contributed by atoms with E-state index < -0.39 is 0 Å². The van der Waals surface area contributed by atoms with Crippen LogP contribution in [0.1, 0.15) is 19.3 Å². The van der Waals surface area contributed by atoms with Gasteiger partial charge in [0.1, 0.15) is 4.84 Å². The zero-order valence-corrected chi connectivity index (χ0v) is 7.64. The zero-order chi connectivity index (χ0) is 6.41. The van der Waals surface area contributed by atoms with Gasteiger partial charge in [0.25, 0.3) is 0 Å². The predicted molar refractivity (Wildman–Crippen MR) is 43.1 cm³/mol. The summed E-state index contributed by atoms with van der Waals surface area (Å²) < 4.78 is 0. The van der Waals surface area contributed by atoms with E-state index in [-0.39, 0.29) is 4.84 Å². The fourth-order valence-electron chi connectivity index (χ4n) is 0.393. The molecule has 50 valence electrons. The minimum atomic E-state index is -0.172. The van der Waals surface area contributed by atoms with Crippen LogP contribution in [-0.4, -0.2) is 10.2 Å². The number of unbranched alkanes of at least 4 members (excludes halogenated alkanes) is 1. The molecule has 0 rings (SSSR count). The Morgan fingerprint density at radius 2 is 1.88 bits per heavy atom. The van der Waals surface area contributed by atoms with Crippen molar-refractivity contribution in [2.45, 2.75) is 24.1 Å². The van der Waals surface area contributed by atoms with Crippen molar-refractivity contribution in [1.29, 1.82) is 0 Å². The molecule has 0 aliphatic carbocycles. The van der Waals surface area contributed by atoms with E-state index >= 15 is 0 Å². The molecular formula is C5H9BrCl2. The van der Waals surface area contributed by atoms with Crippen molar-refractivity contribution >= 4 is 39.1 Å². The van der Waals surface area contributed by atoms with Gasteiger partial charge in [0.05, 0.1) is 0 Å². The van der Waals surface area contributed by atoms with Gasteiger partial charge in [-0.3, -0.25) is 0 Å². The number of hydrogen-bond acceptors (Lipinski definition) is 0. The Balaban J connectivity index is 2.72. The molecule has 0 aromatic heterocycles. The van der Waals surface area contributed by atoms with E-state index in [2.05, 4.69) is 15.9 Å². The Hall–Kier alpha value is 1.06.